The molecule has 410 valence electrons. The number of allylic oxidation sites excluding steroid dienone is 1. The number of fused-ring (bicyclic) bond motifs is 8. The zero-order chi connectivity index (χ0) is 51.2. The number of amides is 6. The van der Waals surface area contributed by atoms with E-state index < -0.39 is 6.09 Å². The third-order valence-electron chi connectivity index (χ3n) is 19.3. The zero-order valence-corrected chi connectivity index (χ0v) is 45.3. The molecule has 0 radical (unpaired) electrons. The molecule has 5 saturated heterocycles. The van der Waals surface area contributed by atoms with Crippen molar-refractivity contribution in [3.8, 4) is 0 Å². The Balaban J connectivity index is 0.708. The molecule has 6 amide bonds. The average Bonchev–Trinajstić information content (AvgIpc) is 4.08. The topological polar surface area (TPSA) is 216 Å². The molecule has 0 unspecified atom stereocenters. The van der Waals surface area contributed by atoms with Gasteiger partial charge in [-0.1, -0.05) is 45.8 Å². The van der Waals surface area contributed by atoms with Crippen molar-refractivity contribution in [3.05, 3.63) is 11.6 Å². The molecule has 0 aromatic rings. The number of ether oxygens (including phenoxy) is 3. The second-order valence-electron chi connectivity index (χ2n) is 23.9. The molecule has 1 spiro atoms. The Hall–Kier alpha value is -3.20. The third kappa shape index (κ3) is 12.6. The van der Waals surface area contributed by atoms with Crippen LogP contribution in [0.15, 0.2) is 11.6 Å². The molecule has 9 rings (SSSR count). The maximum Gasteiger partial charge on any atom is 0.407 e. The van der Waals surface area contributed by atoms with Gasteiger partial charge in [-0.15, -0.1) is 0 Å². The maximum atomic E-state index is 13.7. The van der Waals surface area contributed by atoms with Crippen molar-refractivity contribution in [2.75, 3.05) is 104 Å². The first-order chi connectivity index (χ1) is 35.2. The largest absolute Gasteiger partial charge is 0.446 e. The van der Waals surface area contributed by atoms with Crippen LogP contribution >= 0.6 is 11.8 Å². The number of urea groups is 1. The minimum atomic E-state index is -0.477. The van der Waals surface area contributed by atoms with Gasteiger partial charge in [0, 0.05) is 115 Å². The molecule has 9 aliphatic rings. The van der Waals surface area contributed by atoms with Gasteiger partial charge in [0.25, 0.3) is 0 Å². The molecule has 4 aliphatic carbocycles. The number of unbranched alkanes of at least 4 members (excludes halogenated alkanes) is 1. The van der Waals surface area contributed by atoms with Crippen LogP contribution in [0.5, 0.6) is 0 Å². The van der Waals surface area contributed by atoms with Crippen LogP contribution in [0.1, 0.15) is 111 Å². The van der Waals surface area contributed by atoms with Gasteiger partial charge in [-0.2, -0.15) is 11.8 Å². The molecule has 8 N–H and O–H groups in total. The lowest BCUT2D eigenvalue weighted by molar-refractivity contribution is -0.272. The number of carbonyl (C=O) groups is 5. The van der Waals surface area contributed by atoms with E-state index in [0.717, 1.165) is 116 Å². The van der Waals surface area contributed by atoms with Crippen LogP contribution in [0, 0.1) is 46.3 Å². The molecule has 19 heteroatoms. The summed E-state index contributed by atoms with van der Waals surface area (Å²) in [4.78, 5) is 68.8. The Bertz CT molecular complexity index is 1960. The molecule has 0 bridgehead atoms. The Labute approximate surface area is 439 Å². The summed E-state index contributed by atoms with van der Waals surface area (Å²) in [5, 5.41) is 25.3. The van der Waals surface area contributed by atoms with Crippen molar-refractivity contribution >= 4 is 41.6 Å². The van der Waals surface area contributed by atoms with Crippen LogP contribution in [0.4, 0.5) is 9.59 Å². The number of nitrogens with one attached hydrogen (secondary N) is 8. The first-order valence-electron chi connectivity index (χ1n) is 28.5. The van der Waals surface area contributed by atoms with E-state index >= 15 is 0 Å². The van der Waals surface area contributed by atoms with Gasteiger partial charge in [-0.3, -0.25) is 19.3 Å². The van der Waals surface area contributed by atoms with Gasteiger partial charge in [0.2, 0.25) is 17.7 Å². The lowest BCUT2D eigenvalue weighted by Gasteiger charge is -2.58. The van der Waals surface area contributed by atoms with E-state index in [1.807, 2.05) is 11.8 Å². The number of hydrogen-bond donors (Lipinski definition) is 8. The Morgan fingerprint density at radius 1 is 0.877 bits per heavy atom. The monoisotopic (exact) mass is 1040 g/mol. The fourth-order valence-corrected chi connectivity index (χ4v) is 16.9. The highest BCUT2D eigenvalue weighted by Crippen LogP contribution is 2.70. The fraction of sp³-hybridized carbons (Fsp3) is 0.870. The van der Waals surface area contributed by atoms with E-state index in [1.165, 1.54) is 29.7 Å². The molecule has 3 saturated carbocycles. The number of alkyl carbamates (subject to hydrolysis) is 1. The molecule has 0 aromatic carbocycles. The predicted octanol–water partition coefficient (Wildman–Crippen LogP) is 3.32. The number of rotatable bonds is 16. The molecule has 5 heterocycles. The van der Waals surface area contributed by atoms with Crippen molar-refractivity contribution < 1.29 is 38.2 Å². The summed E-state index contributed by atoms with van der Waals surface area (Å²) in [6.45, 7) is 18.0. The van der Waals surface area contributed by atoms with Crippen molar-refractivity contribution in [2.45, 2.75) is 146 Å². The summed E-state index contributed by atoms with van der Waals surface area (Å²) >= 11 is 1.85. The van der Waals surface area contributed by atoms with Crippen LogP contribution in [-0.2, 0) is 28.6 Å². The van der Waals surface area contributed by atoms with Crippen LogP contribution < -0.4 is 42.5 Å². The van der Waals surface area contributed by atoms with Gasteiger partial charge in [-0.05, 0) is 98.2 Å². The minimum absolute atomic E-state index is 0.110. The smallest absolute Gasteiger partial charge is 0.407 e. The van der Waals surface area contributed by atoms with Crippen LogP contribution in [0.3, 0.4) is 0 Å². The first kappa shape index (κ1) is 54.6. The first-order valence-corrected chi connectivity index (χ1v) is 29.6. The highest BCUT2D eigenvalue weighted by atomic mass is 32.2. The minimum Gasteiger partial charge on any atom is -0.446 e. The normalized spacial score (nSPS) is 38.4. The summed E-state index contributed by atoms with van der Waals surface area (Å²) in [5.74, 6) is 3.39. The molecular weight excluding hydrogens is 949 g/mol. The lowest BCUT2D eigenvalue weighted by atomic mass is 9.47. The second kappa shape index (κ2) is 24.4. The summed E-state index contributed by atoms with van der Waals surface area (Å²) in [5.41, 5.74) is 1.84. The quantitative estimate of drug-likeness (QED) is 0.0634. The molecule has 18 nitrogen and oxygen atoms in total. The van der Waals surface area contributed by atoms with Crippen molar-refractivity contribution in [2.24, 2.45) is 46.3 Å². The molecule has 14 atom stereocenters. The second-order valence-corrected chi connectivity index (χ2v) is 25.2. The van der Waals surface area contributed by atoms with E-state index in [9.17, 15) is 24.0 Å². The van der Waals surface area contributed by atoms with Crippen molar-refractivity contribution in [3.63, 3.8) is 0 Å². The highest BCUT2D eigenvalue weighted by Gasteiger charge is 2.68. The van der Waals surface area contributed by atoms with Crippen molar-refractivity contribution in [1.29, 1.82) is 0 Å². The molecule has 5 aliphatic heterocycles. The van der Waals surface area contributed by atoms with E-state index in [1.54, 1.807) is 0 Å². The SMILES string of the molecule is C[C@@H]1CC[C@@]2(OC1)O[C@H]1C[C@H]3[C@@H]4CC=C5C[C@@H](OC(=O)NCCNC(=O)CN(CCNC(=O)CN6CCNCCNCCNCC6)C(=O)CCCC[C@@H]6SC[C@@H]7NC(=O)N[C@@H]76)CC[C@]5(C)[C@H]4CC[C@]3(C)[C@H]1[C@@H]2C. The van der Waals surface area contributed by atoms with Crippen molar-refractivity contribution in [1.82, 2.24) is 52.3 Å². The van der Waals surface area contributed by atoms with Crippen LogP contribution in [0.25, 0.3) is 0 Å². The molecule has 73 heavy (non-hydrogen) atoms. The molecular formula is C54H90N10O8S. The molecule has 8 fully saturated rings. The van der Waals surface area contributed by atoms with E-state index in [0.29, 0.717) is 47.2 Å². The van der Waals surface area contributed by atoms with Crippen LogP contribution in [-0.4, -0.2) is 179 Å². The summed E-state index contributed by atoms with van der Waals surface area (Å²) < 4.78 is 19.6. The number of nitrogens with zero attached hydrogens (tertiary/aromatic N) is 2. The number of thioether (sulfide) groups is 1. The Morgan fingerprint density at radius 3 is 2.40 bits per heavy atom. The maximum absolute atomic E-state index is 13.7. The highest BCUT2D eigenvalue weighted by molar-refractivity contribution is 8.00. The predicted molar refractivity (Wildman–Crippen MR) is 282 cm³/mol. The summed E-state index contributed by atoms with van der Waals surface area (Å²) in [6, 6.07) is 0.157. The van der Waals surface area contributed by atoms with Gasteiger partial charge >= 0.3 is 12.1 Å². The Morgan fingerprint density at radius 2 is 1.63 bits per heavy atom. The van der Waals surface area contributed by atoms with Gasteiger partial charge in [0.1, 0.15) is 6.10 Å². The summed E-state index contributed by atoms with van der Waals surface area (Å²) in [7, 11) is 0. The lowest BCUT2D eigenvalue weighted by Crippen LogP contribution is -2.52. The van der Waals surface area contributed by atoms with Crippen LogP contribution in [0.2, 0.25) is 0 Å². The Kier molecular flexibility index (Phi) is 18.3. The third-order valence-corrected chi connectivity index (χ3v) is 20.8. The van der Waals surface area contributed by atoms with Gasteiger partial charge in [0.15, 0.2) is 5.79 Å². The van der Waals surface area contributed by atoms with Gasteiger partial charge < -0.3 is 61.6 Å². The number of hydrogen-bond acceptors (Lipinski definition) is 13. The fourth-order valence-electron chi connectivity index (χ4n) is 15.3. The summed E-state index contributed by atoms with van der Waals surface area (Å²) in [6.07, 6.45) is 14.3. The van der Waals surface area contributed by atoms with E-state index in [4.69, 9.17) is 14.2 Å². The standard InChI is InChI=1S/C54H90N10O8S/c1-35-11-16-54(70-33-35)36(2)48-43(72-54)30-41-39-10-9-37-29-38(12-14-52(37,3)40(39)13-15-53(41,48)4)71-51(69)60-22-21-58-46(66)32-64(47(67)8-6-5-7-44-49-42(34-73-44)61-50(68)62-49)28-25-59-45(65)31-63-26-23-56-19-17-55-18-20-57-24-27-63/h9,35-36,38-44,48-49,55-57H,5-8,10-34H2,1-4H3,(H,58,66)(H,59,65)(H,60,69)(H2,61,62,68)/t35-,36+,38+,39-,40+,41+,42+,43+,44+,48+,49+,52+,53+,54-/m1/s1. The zero-order valence-electron chi connectivity index (χ0n) is 44.5. The van der Waals surface area contributed by atoms with Gasteiger partial charge in [-0.25, -0.2) is 9.59 Å². The van der Waals surface area contributed by atoms with Gasteiger partial charge in [0.05, 0.1) is 37.9 Å². The average molecular weight is 1040 g/mol. The van der Waals surface area contributed by atoms with E-state index in [2.05, 4.69) is 81.2 Å². The molecule has 0 aromatic heterocycles. The van der Waals surface area contributed by atoms with E-state index in [-0.39, 0.29) is 110 Å². The number of carbonyl (C=O) groups excluding carboxylic acids is 5.